The Hall–Kier alpha value is -2.74. The number of nitrogens with one attached hydrogen (secondary N) is 1. The van der Waals surface area contributed by atoms with Crippen molar-refractivity contribution >= 4 is 17.3 Å². The molecule has 3 rings (SSSR count). The lowest BCUT2D eigenvalue weighted by Gasteiger charge is -2.29. The standard InChI is InChI=1S/C13H14N6O2/c14-17-12-11(19(20)21)13(16-8-15-12)18-6-5-9-3-1-2-4-10(9)7-18/h1-4,8H,5-7,14H2,(H,15,16,17). The molecule has 1 aromatic heterocycles. The highest BCUT2D eigenvalue weighted by molar-refractivity contribution is 5.70. The van der Waals surface area contributed by atoms with Crippen molar-refractivity contribution in [2.45, 2.75) is 13.0 Å². The molecule has 1 aliphatic rings. The van der Waals surface area contributed by atoms with Crippen LogP contribution in [0.2, 0.25) is 0 Å². The number of nitrogens with zero attached hydrogens (tertiary/aromatic N) is 4. The van der Waals surface area contributed by atoms with Crippen LogP contribution in [0.15, 0.2) is 30.6 Å². The molecule has 108 valence electrons. The first kappa shape index (κ1) is 13.3. The zero-order chi connectivity index (χ0) is 14.8. The van der Waals surface area contributed by atoms with E-state index in [0.717, 1.165) is 12.0 Å². The second kappa shape index (κ2) is 5.33. The van der Waals surface area contributed by atoms with Crippen molar-refractivity contribution in [2.75, 3.05) is 16.9 Å². The maximum absolute atomic E-state index is 11.3. The monoisotopic (exact) mass is 286 g/mol. The van der Waals surface area contributed by atoms with Crippen molar-refractivity contribution in [2.24, 2.45) is 5.84 Å². The second-order valence-corrected chi connectivity index (χ2v) is 4.74. The second-order valence-electron chi connectivity index (χ2n) is 4.74. The highest BCUT2D eigenvalue weighted by atomic mass is 16.6. The van der Waals surface area contributed by atoms with E-state index in [-0.39, 0.29) is 17.3 Å². The van der Waals surface area contributed by atoms with E-state index in [2.05, 4.69) is 21.5 Å². The Labute approximate surface area is 120 Å². The van der Waals surface area contributed by atoms with E-state index in [0.29, 0.717) is 13.1 Å². The third-order valence-corrected chi connectivity index (χ3v) is 3.55. The first-order chi connectivity index (χ1) is 10.2. The Morgan fingerprint density at radius 3 is 2.76 bits per heavy atom. The molecule has 0 radical (unpaired) electrons. The Bertz CT molecular complexity index is 690. The summed E-state index contributed by atoms with van der Waals surface area (Å²) >= 11 is 0. The Kier molecular flexibility index (Phi) is 3.36. The predicted molar refractivity (Wildman–Crippen MR) is 77.7 cm³/mol. The first-order valence-electron chi connectivity index (χ1n) is 6.48. The van der Waals surface area contributed by atoms with E-state index in [9.17, 15) is 10.1 Å². The SMILES string of the molecule is NNc1ncnc(N2CCc3ccccc3C2)c1[N+](=O)[O-]. The lowest BCUT2D eigenvalue weighted by molar-refractivity contribution is -0.383. The van der Waals surface area contributed by atoms with Crippen molar-refractivity contribution in [3.63, 3.8) is 0 Å². The third-order valence-electron chi connectivity index (χ3n) is 3.55. The van der Waals surface area contributed by atoms with Crippen LogP contribution in [0.4, 0.5) is 17.3 Å². The van der Waals surface area contributed by atoms with Gasteiger partial charge in [-0.3, -0.25) is 10.1 Å². The van der Waals surface area contributed by atoms with Crippen LogP contribution in [-0.4, -0.2) is 21.4 Å². The van der Waals surface area contributed by atoms with Crippen LogP contribution in [0.3, 0.4) is 0 Å². The summed E-state index contributed by atoms with van der Waals surface area (Å²) in [4.78, 5) is 20.5. The zero-order valence-electron chi connectivity index (χ0n) is 11.2. The molecule has 1 aliphatic heterocycles. The average molecular weight is 286 g/mol. The zero-order valence-corrected chi connectivity index (χ0v) is 11.2. The van der Waals surface area contributed by atoms with E-state index in [1.807, 2.05) is 23.1 Å². The van der Waals surface area contributed by atoms with Gasteiger partial charge in [0.2, 0.25) is 11.6 Å². The normalized spacial score (nSPS) is 13.7. The van der Waals surface area contributed by atoms with E-state index >= 15 is 0 Å². The molecule has 0 unspecified atom stereocenters. The van der Waals surface area contributed by atoms with Crippen LogP contribution >= 0.6 is 0 Å². The first-order valence-corrected chi connectivity index (χ1v) is 6.48. The summed E-state index contributed by atoms with van der Waals surface area (Å²) in [6, 6.07) is 8.06. The minimum atomic E-state index is -0.509. The van der Waals surface area contributed by atoms with Crippen molar-refractivity contribution in [1.29, 1.82) is 0 Å². The van der Waals surface area contributed by atoms with E-state index < -0.39 is 4.92 Å². The van der Waals surface area contributed by atoms with Crippen LogP contribution in [-0.2, 0) is 13.0 Å². The molecule has 2 heterocycles. The van der Waals surface area contributed by atoms with Crippen molar-refractivity contribution < 1.29 is 4.92 Å². The number of nitrogen functional groups attached to an aromatic ring is 1. The lowest BCUT2D eigenvalue weighted by Crippen LogP contribution is -2.32. The average Bonchev–Trinajstić information content (AvgIpc) is 2.53. The van der Waals surface area contributed by atoms with Gasteiger partial charge in [-0.15, -0.1) is 0 Å². The van der Waals surface area contributed by atoms with Gasteiger partial charge in [0.05, 0.1) is 4.92 Å². The molecule has 2 aromatic rings. The number of hydrazine groups is 1. The van der Waals surface area contributed by atoms with Gasteiger partial charge in [0.25, 0.3) is 0 Å². The molecular weight excluding hydrogens is 272 g/mol. The highest BCUT2D eigenvalue weighted by Crippen LogP contribution is 2.33. The molecule has 3 N–H and O–H groups in total. The Morgan fingerprint density at radius 1 is 1.29 bits per heavy atom. The summed E-state index contributed by atoms with van der Waals surface area (Å²) in [6.45, 7) is 1.25. The molecular formula is C13H14N6O2. The van der Waals surface area contributed by atoms with E-state index in [4.69, 9.17) is 5.84 Å². The quantitative estimate of drug-likeness (QED) is 0.496. The minimum absolute atomic E-state index is 0.0175. The van der Waals surface area contributed by atoms with E-state index in [1.165, 1.54) is 11.9 Å². The van der Waals surface area contributed by atoms with Gasteiger partial charge in [0.15, 0.2) is 0 Å². The van der Waals surface area contributed by atoms with Gasteiger partial charge in [0.1, 0.15) is 6.33 Å². The van der Waals surface area contributed by atoms with Crippen LogP contribution in [0, 0.1) is 10.1 Å². The number of nitrogens with two attached hydrogens (primary N) is 1. The summed E-state index contributed by atoms with van der Waals surface area (Å²) < 4.78 is 0. The number of nitro groups is 1. The molecule has 0 aliphatic carbocycles. The van der Waals surface area contributed by atoms with Crippen LogP contribution in [0.5, 0.6) is 0 Å². The topological polar surface area (TPSA) is 110 Å². The van der Waals surface area contributed by atoms with Crippen molar-refractivity contribution in [3.8, 4) is 0 Å². The number of hydrogen-bond donors (Lipinski definition) is 2. The summed E-state index contributed by atoms with van der Waals surface area (Å²) in [5.74, 6) is 5.61. The molecule has 1 aromatic carbocycles. The molecule has 0 spiro atoms. The number of aromatic nitrogens is 2. The highest BCUT2D eigenvalue weighted by Gasteiger charge is 2.28. The molecule has 0 bridgehead atoms. The number of anilines is 2. The summed E-state index contributed by atoms with van der Waals surface area (Å²) in [5, 5.41) is 11.3. The molecule has 21 heavy (non-hydrogen) atoms. The Balaban J connectivity index is 2.01. The van der Waals surface area contributed by atoms with Gasteiger partial charge >= 0.3 is 5.69 Å². The van der Waals surface area contributed by atoms with Gasteiger partial charge in [-0.2, -0.15) is 0 Å². The van der Waals surface area contributed by atoms with Gasteiger partial charge < -0.3 is 10.3 Å². The van der Waals surface area contributed by atoms with Crippen LogP contribution in [0.1, 0.15) is 11.1 Å². The fraction of sp³-hybridized carbons (Fsp3) is 0.231. The third kappa shape index (κ3) is 2.36. The molecule has 0 atom stereocenters. The molecule has 8 heteroatoms. The maximum Gasteiger partial charge on any atom is 0.354 e. The molecule has 0 fully saturated rings. The number of hydrogen-bond acceptors (Lipinski definition) is 7. The smallest absolute Gasteiger partial charge is 0.346 e. The Morgan fingerprint density at radius 2 is 2.05 bits per heavy atom. The van der Waals surface area contributed by atoms with Crippen molar-refractivity contribution in [3.05, 3.63) is 51.8 Å². The maximum atomic E-state index is 11.3. The number of fused-ring (bicyclic) bond motifs is 1. The van der Waals surface area contributed by atoms with Gasteiger partial charge in [-0.1, -0.05) is 24.3 Å². The summed E-state index contributed by atoms with van der Waals surface area (Å²) in [7, 11) is 0. The van der Waals surface area contributed by atoms with Gasteiger partial charge in [0, 0.05) is 13.1 Å². The largest absolute Gasteiger partial charge is 0.354 e. The van der Waals surface area contributed by atoms with Crippen LogP contribution < -0.4 is 16.2 Å². The fourth-order valence-electron chi connectivity index (χ4n) is 2.55. The minimum Gasteiger partial charge on any atom is -0.346 e. The fourth-order valence-corrected chi connectivity index (χ4v) is 2.55. The van der Waals surface area contributed by atoms with E-state index in [1.54, 1.807) is 0 Å². The van der Waals surface area contributed by atoms with Crippen LogP contribution in [0.25, 0.3) is 0 Å². The number of rotatable bonds is 3. The molecule has 8 nitrogen and oxygen atoms in total. The van der Waals surface area contributed by atoms with Crippen molar-refractivity contribution in [1.82, 2.24) is 9.97 Å². The predicted octanol–water partition coefficient (Wildman–Crippen LogP) is 1.23. The van der Waals surface area contributed by atoms with Gasteiger partial charge in [-0.25, -0.2) is 15.8 Å². The lowest BCUT2D eigenvalue weighted by atomic mass is 10.00. The molecule has 0 saturated carbocycles. The molecule has 0 amide bonds. The number of benzene rings is 1. The van der Waals surface area contributed by atoms with Gasteiger partial charge in [-0.05, 0) is 17.5 Å². The molecule has 0 saturated heterocycles. The summed E-state index contributed by atoms with van der Waals surface area (Å²) in [5.41, 5.74) is 4.48. The summed E-state index contributed by atoms with van der Waals surface area (Å²) in [6.07, 6.45) is 2.10.